The SMILES string of the molecule is CC(C)NS(=O)(=O)Cc1ccccc1CNC(=O)C1COCCN1.Cl. The number of hydrogen-bond donors (Lipinski definition) is 3. The average molecular weight is 392 g/mol. The van der Waals surface area contributed by atoms with Crippen LogP contribution in [0.15, 0.2) is 24.3 Å². The maximum atomic E-state index is 12.1. The van der Waals surface area contributed by atoms with Gasteiger partial charge in [0, 0.05) is 19.1 Å². The van der Waals surface area contributed by atoms with Gasteiger partial charge in [-0.2, -0.15) is 0 Å². The van der Waals surface area contributed by atoms with Gasteiger partial charge in [-0.05, 0) is 25.0 Å². The second-order valence-corrected chi connectivity index (χ2v) is 7.85. The van der Waals surface area contributed by atoms with Gasteiger partial charge in [-0.1, -0.05) is 24.3 Å². The highest BCUT2D eigenvalue weighted by molar-refractivity contribution is 7.88. The van der Waals surface area contributed by atoms with Crippen molar-refractivity contribution in [1.82, 2.24) is 15.4 Å². The van der Waals surface area contributed by atoms with Crippen LogP contribution in [0.4, 0.5) is 0 Å². The van der Waals surface area contributed by atoms with E-state index in [1.54, 1.807) is 26.0 Å². The van der Waals surface area contributed by atoms with Gasteiger partial charge in [0.25, 0.3) is 0 Å². The lowest BCUT2D eigenvalue weighted by Gasteiger charge is -2.23. The van der Waals surface area contributed by atoms with Crippen LogP contribution < -0.4 is 15.4 Å². The van der Waals surface area contributed by atoms with Gasteiger partial charge in [-0.25, -0.2) is 13.1 Å². The molecule has 1 aliphatic heterocycles. The average Bonchev–Trinajstić information content (AvgIpc) is 2.53. The second-order valence-electron chi connectivity index (χ2n) is 6.10. The highest BCUT2D eigenvalue weighted by Gasteiger charge is 2.21. The first-order valence-corrected chi connectivity index (χ1v) is 9.68. The van der Waals surface area contributed by atoms with Crippen molar-refractivity contribution in [3.05, 3.63) is 35.4 Å². The molecule has 1 heterocycles. The summed E-state index contributed by atoms with van der Waals surface area (Å²) >= 11 is 0. The van der Waals surface area contributed by atoms with Gasteiger partial charge >= 0.3 is 0 Å². The van der Waals surface area contributed by atoms with E-state index in [2.05, 4.69) is 15.4 Å². The van der Waals surface area contributed by atoms with Crippen LogP contribution in [0.2, 0.25) is 0 Å². The van der Waals surface area contributed by atoms with Crippen LogP contribution in [0.5, 0.6) is 0 Å². The second kappa shape index (κ2) is 10.1. The first-order chi connectivity index (χ1) is 11.4. The predicted octanol–water partition coefficient (Wildman–Crippen LogP) is 0.541. The molecule has 0 radical (unpaired) electrons. The molecule has 1 amide bonds. The quantitative estimate of drug-likeness (QED) is 0.630. The number of hydrogen-bond acceptors (Lipinski definition) is 5. The fourth-order valence-electron chi connectivity index (χ4n) is 2.52. The molecule has 7 nitrogen and oxygen atoms in total. The van der Waals surface area contributed by atoms with E-state index >= 15 is 0 Å². The van der Waals surface area contributed by atoms with Gasteiger partial charge < -0.3 is 15.4 Å². The Morgan fingerprint density at radius 2 is 2.00 bits per heavy atom. The normalized spacial score (nSPS) is 17.8. The Kier molecular flexibility index (Phi) is 8.81. The maximum Gasteiger partial charge on any atom is 0.239 e. The zero-order valence-corrected chi connectivity index (χ0v) is 16.1. The number of carbonyl (C=O) groups excluding carboxylic acids is 1. The minimum absolute atomic E-state index is 0. The molecule has 3 N–H and O–H groups in total. The topological polar surface area (TPSA) is 96.5 Å². The predicted molar refractivity (Wildman–Crippen MR) is 99.0 cm³/mol. The van der Waals surface area contributed by atoms with Gasteiger partial charge in [0.15, 0.2) is 0 Å². The summed E-state index contributed by atoms with van der Waals surface area (Å²) in [4.78, 5) is 12.1. The molecule has 1 aromatic rings. The summed E-state index contributed by atoms with van der Waals surface area (Å²) in [5.41, 5.74) is 1.47. The highest BCUT2D eigenvalue weighted by atomic mass is 35.5. The zero-order chi connectivity index (χ0) is 17.6. The van der Waals surface area contributed by atoms with Crippen LogP contribution in [0.1, 0.15) is 25.0 Å². The third kappa shape index (κ3) is 7.29. The number of benzene rings is 1. The van der Waals surface area contributed by atoms with Crippen LogP contribution in [0.3, 0.4) is 0 Å². The summed E-state index contributed by atoms with van der Waals surface area (Å²) in [6.45, 7) is 5.44. The van der Waals surface area contributed by atoms with Gasteiger partial charge in [-0.3, -0.25) is 4.79 Å². The standard InChI is InChI=1S/C16H25N3O4S.ClH/c1-12(2)19-24(21,22)11-14-6-4-3-5-13(14)9-18-16(20)15-10-23-8-7-17-15;/h3-6,12,15,17,19H,7-11H2,1-2H3,(H,18,20);1H. The molecule has 0 aromatic heterocycles. The Morgan fingerprint density at radius 3 is 2.60 bits per heavy atom. The monoisotopic (exact) mass is 391 g/mol. The minimum atomic E-state index is -3.41. The Morgan fingerprint density at radius 1 is 1.32 bits per heavy atom. The number of halogens is 1. The Bertz CT molecular complexity index is 661. The molecular formula is C16H26ClN3O4S. The van der Waals surface area contributed by atoms with E-state index in [-0.39, 0.29) is 42.7 Å². The molecule has 2 rings (SSSR count). The summed E-state index contributed by atoms with van der Waals surface area (Å²) in [6.07, 6.45) is 0. The number of sulfonamides is 1. The Labute approximate surface area is 155 Å². The van der Waals surface area contributed by atoms with Crippen molar-refractivity contribution in [2.45, 2.75) is 38.2 Å². The lowest BCUT2D eigenvalue weighted by molar-refractivity contribution is -0.126. The molecule has 1 aliphatic rings. The highest BCUT2D eigenvalue weighted by Crippen LogP contribution is 2.12. The molecule has 0 saturated carbocycles. The first kappa shape index (κ1) is 21.9. The van der Waals surface area contributed by atoms with Crippen molar-refractivity contribution in [1.29, 1.82) is 0 Å². The molecule has 1 aromatic carbocycles. The molecular weight excluding hydrogens is 366 g/mol. The van der Waals surface area contributed by atoms with E-state index < -0.39 is 10.0 Å². The van der Waals surface area contributed by atoms with Crippen molar-refractivity contribution < 1.29 is 17.9 Å². The first-order valence-electron chi connectivity index (χ1n) is 8.03. The summed E-state index contributed by atoms with van der Waals surface area (Å²) in [6, 6.07) is 6.70. The van der Waals surface area contributed by atoms with E-state index in [4.69, 9.17) is 4.74 Å². The minimum Gasteiger partial charge on any atom is -0.378 e. The number of carbonyl (C=O) groups is 1. The number of amides is 1. The van der Waals surface area contributed by atoms with Gasteiger partial charge in [-0.15, -0.1) is 12.4 Å². The molecule has 25 heavy (non-hydrogen) atoms. The number of morpholine rings is 1. The van der Waals surface area contributed by atoms with Crippen LogP contribution in [-0.2, 0) is 31.9 Å². The van der Waals surface area contributed by atoms with Crippen LogP contribution in [0.25, 0.3) is 0 Å². The lowest BCUT2D eigenvalue weighted by Crippen LogP contribution is -2.51. The molecule has 1 saturated heterocycles. The largest absolute Gasteiger partial charge is 0.378 e. The van der Waals surface area contributed by atoms with Crippen molar-refractivity contribution in [3.8, 4) is 0 Å². The summed E-state index contributed by atoms with van der Waals surface area (Å²) in [7, 11) is -3.41. The molecule has 1 unspecified atom stereocenters. The fraction of sp³-hybridized carbons (Fsp3) is 0.562. The van der Waals surface area contributed by atoms with Crippen LogP contribution >= 0.6 is 12.4 Å². The van der Waals surface area contributed by atoms with Crippen LogP contribution in [0, 0.1) is 0 Å². The smallest absolute Gasteiger partial charge is 0.239 e. The van der Waals surface area contributed by atoms with Gasteiger partial charge in [0.1, 0.15) is 6.04 Å². The fourth-order valence-corrected chi connectivity index (χ4v) is 4.01. The van der Waals surface area contributed by atoms with Gasteiger partial charge in [0.2, 0.25) is 15.9 Å². The summed E-state index contributed by atoms with van der Waals surface area (Å²) in [5, 5.41) is 5.93. The van der Waals surface area contributed by atoms with Crippen molar-refractivity contribution >= 4 is 28.3 Å². The Hall–Kier alpha value is -1.19. The summed E-state index contributed by atoms with van der Waals surface area (Å²) < 4.78 is 32.1. The molecule has 0 bridgehead atoms. The van der Waals surface area contributed by atoms with E-state index in [1.807, 2.05) is 12.1 Å². The lowest BCUT2D eigenvalue weighted by atomic mass is 10.1. The maximum absolute atomic E-state index is 12.1. The van der Waals surface area contributed by atoms with Gasteiger partial charge in [0.05, 0.1) is 19.0 Å². The Balaban J connectivity index is 0.00000312. The zero-order valence-electron chi connectivity index (χ0n) is 14.4. The number of rotatable bonds is 7. The van der Waals surface area contributed by atoms with Crippen molar-refractivity contribution in [2.24, 2.45) is 0 Å². The van der Waals surface area contributed by atoms with E-state index in [0.29, 0.717) is 25.3 Å². The van der Waals surface area contributed by atoms with Crippen molar-refractivity contribution in [2.75, 3.05) is 19.8 Å². The van der Waals surface area contributed by atoms with E-state index in [0.717, 1.165) is 5.56 Å². The molecule has 0 aliphatic carbocycles. The van der Waals surface area contributed by atoms with E-state index in [9.17, 15) is 13.2 Å². The number of ether oxygens (including phenoxy) is 1. The molecule has 1 atom stereocenters. The van der Waals surface area contributed by atoms with Crippen LogP contribution in [-0.4, -0.2) is 46.2 Å². The molecule has 1 fully saturated rings. The summed E-state index contributed by atoms with van der Waals surface area (Å²) in [5.74, 6) is -0.255. The van der Waals surface area contributed by atoms with Crippen molar-refractivity contribution in [3.63, 3.8) is 0 Å². The molecule has 9 heteroatoms. The molecule has 0 spiro atoms. The third-order valence-electron chi connectivity index (χ3n) is 3.57. The third-order valence-corrected chi connectivity index (χ3v) is 5.09. The molecule has 142 valence electrons. The number of nitrogens with one attached hydrogen (secondary N) is 3. The van der Waals surface area contributed by atoms with E-state index in [1.165, 1.54) is 0 Å².